The van der Waals surface area contributed by atoms with Crippen molar-refractivity contribution in [3.8, 4) is 0 Å². The lowest BCUT2D eigenvalue weighted by molar-refractivity contribution is 0.923. The maximum atomic E-state index is 2.40. The highest BCUT2D eigenvalue weighted by molar-refractivity contribution is 5.89. The minimum absolute atomic E-state index is 1.23. The van der Waals surface area contributed by atoms with Gasteiger partial charge >= 0.3 is 0 Å². The summed E-state index contributed by atoms with van der Waals surface area (Å²) in [5.41, 5.74) is 3.25. The van der Waals surface area contributed by atoms with E-state index in [0.717, 1.165) is 0 Å². The van der Waals surface area contributed by atoms with Crippen LogP contribution in [0.2, 0.25) is 0 Å². The minimum atomic E-state index is 1.23. The van der Waals surface area contributed by atoms with E-state index in [1.54, 1.807) is 16.4 Å². The molecule has 0 heterocycles. The van der Waals surface area contributed by atoms with Crippen molar-refractivity contribution in [1.82, 2.24) is 0 Å². The Morgan fingerprint density at radius 1 is 0.875 bits per heavy atom. The zero-order chi connectivity index (χ0) is 10.5. The first-order valence-electron chi connectivity index (χ1n) is 6.16. The van der Waals surface area contributed by atoms with Crippen molar-refractivity contribution in [3.05, 3.63) is 46.3 Å². The summed E-state index contributed by atoms with van der Waals surface area (Å²) in [6.07, 6.45) is 7.43. The van der Waals surface area contributed by atoms with Gasteiger partial charge in [0.2, 0.25) is 0 Å². The lowest BCUT2D eigenvalue weighted by atomic mass is 9.85. The van der Waals surface area contributed by atoms with Crippen LogP contribution in [-0.4, -0.2) is 0 Å². The van der Waals surface area contributed by atoms with Crippen LogP contribution in [0.4, 0.5) is 0 Å². The van der Waals surface area contributed by atoms with Crippen LogP contribution in [0.15, 0.2) is 30.3 Å². The van der Waals surface area contributed by atoms with Gasteiger partial charge in [-0.1, -0.05) is 42.0 Å². The summed E-state index contributed by atoms with van der Waals surface area (Å²) in [4.78, 5) is 0. The van der Waals surface area contributed by atoms with Gasteiger partial charge in [-0.15, -0.1) is 0 Å². The van der Waals surface area contributed by atoms with Gasteiger partial charge in [-0.3, -0.25) is 0 Å². The van der Waals surface area contributed by atoms with Gasteiger partial charge in [0.15, 0.2) is 0 Å². The summed E-state index contributed by atoms with van der Waals surface area (Å²) < 4.78 is 0. The predicted octanol–water partition coefficient (Wildman–Crippen LogP) is 2.51. The highest BCUT2D eigenvalue weighted by Gasteiger charge is 2.14. The molecular formula is C16H14. The van der Waals surface area contributed by atoms with E-state index in [1.807, 2.05) is 0 Å². The van der Waals surface area contributed by atoms with E-state index in [-0.39, 0.29) is 0 Å². The van der Waals surface area contributed by atoms with Crippen LogP contribution in [0.3, 0.4) is 0 Å². The van der Waals surface area contributed by atoms with Gasteiger partial charge < -0.3 is 0 Å². The normalized spacial score (nSPS) is 17.4. The zero-order valence-corrected chi connectivity index (χ0v) is 9.29. The summed E-state index contributed by atoms with van der Waals surface area (Å²) in [5, 5.41) is 6.01. The van der Waals surface area contributed by atoms with Gasteiger partial charge in [0.05, 0.1) is 0 Å². The Bertz CT molecular complexity index is 705. The smallest absolute Gasteiger partial charge is 0.00738 e. The first-order valence-corrected chi connectivity index (χ1v) is 6.16. The van der Waals surface area contributed by atoms with Crippen molar-refractivity contribution in [3.63, 3.8) is 0 Å². The molecular weight excluding hydrogens is 192 g/mol. The van der Waals surface area contributed by atoms with Gasteiger partial charge in [0.25, 0.3) is 0 Å². The van der Waals surface area contributed by atoms with E-state index < -0.39 is 0 Å². The molecule has 0 heteroatoms. The molecule has 2 aromatic rings. The molecule has 0 amide bonds. The SMILES string of the molecule is C1=c2ccc3cccc4c3c2=C(CC1)CC4. The fourth-order valence-electron chi connectivity index (χ4n) is 3.29. The van der Waals surface area contributed by atoms with Crippen LogP contribution >= 0.6 is 0 Å². The fraction of sp³-hybridized carbons (Fsp3) is 0.250. The van der Waals surface area contributed by atoms with Crippen molar-refractivity contribution in [1.29, 1.82) is 0 Å². The van der Waals surface area contributed by atoms with Crippen LogP contribution in [-0.2, 0) is 6.42 Å². The molecule has 0 N–H and O–H groups in total. The Morgan fingerprint density at radius 3 is 2.88 bits per heavy atom. The van der Waals surface area contributed by atoms with Crippen molar-refractivity contribution < 1.29 is 0 Å². The molecule has 0 nitrogen and oxygen atoms in total. The van der Waals surface area contributed by atoms with E-state index in [1.165, 1.54) is 41.7 Å². The minimum Gasteiger partial charge on any atom is -0.0763 e. The van der Waals surface area contributed by atoms with Crippen LogP contribution in [0.25, 0.3) is 22.4 Å². The third-order valence-corrected chi connectivity index (χ3v) is 4.02. The molecule has 0 radical (unpaired) electrons. The van der Waals surface area contributed by atoms with Gasteiger partial charge in [0, 0.05) is 0 Å². The van der Waals surface area contributed by atoms with Crippen molar-refractivity contribution in [2.45, 2.75) is 25.7 Å². The van der Waals surface area contributed by atoms with Crippen LogP contribution < -0.4 is 10.4 Å². The van der Waals surface area contributed by atoms with Crippen molar-refractivity contribution in [2.75, 3.05) is 0 Å². The maximum absolute atomic E-state index is 2.40. The summed E-state index contributed by atoms with van der Waals surface area (Å²) in [6.45, 7) is 0. The first kappa shape index (κ1) is 8.58. The highest BCUT2D eigenvalue weighted by Crippen LogP contribution is 2.25. The Kier molecular flexibility index (Phi) is 1.59. The van der Waals surface area contributed by atoms with E-state index in [9.17, 15) is 0 Å². The Hall–Kier alpha value is -1.56. The number of benzene rings is 2. The Balaban J connectivity index is 2.40. The van der Waals surface area contributed by atoms with Gasteiger partial charge in [0.1, 0.15) is 0 Å². The van der Waals surface area contributed by atoms with Crippen LogP contribution in [0.5, 0.6) is 0 Å². The average molecular weight is 206 g/mol. The molecule has 2 aliphatic rings. The molecule has 0 fully saturated rings. The predicted molar refractivity (Wildman–Crippen MR) is 68.6 cm³/mol. The molecule has 0 saturated heterocycles. The van der Waals surface area contributed by atoms with Gasteiger partial charge in [-0.25, -0.2) is 0 Å². The second-order valence-corrected chi connectivity index (χ2v) is 4.89. The lowest BCUT2D eigenvalue weighted by Gasteiger charge is -2.20. The number of hydrogen-bond acceptors (Lipinski definition) is 0. The molecule has 0 spiro atoms. The molecule has 0 bridgehead atoms. The van der Waals surface area contributed by atoms with Crippen molar-refractivity contribution in [2.24, 2.45) is 0 Å². The quantitative estimate of drug-likeness (QED) is 0.621. The zero-order valence-electron chi connectivity index (χ0n) is 9.29. The molecule has 78 valence electrons. The van der Waals surface area contributed by atoms with E-state index in [0.29, 0.717) is 0 Å². The van der Waals surface area contributed by atoms with Crippen LogP contribution in [0, 0.1) is 0 Å². The molecule has 2 aromatic carbocycles. The molecule has 0 aromatic heterocycles. The summed E-state index contributed by atoms with van der Waals surface area (Å²) in [6, 6.07) is 11.3. The lowest BCUT2D eigenvalue weighted by Crippen LogP contribution is -2.32. The van der Waals surface area contributed by atoms with E-state index >= 15 is 0 Å². The molecule has 0 aliphatic heterocycles. The monoisotopic (exact) mass is 206 g/mol. The van der Waals surface area contributed by atoms with Gasteiger partial charge in [-0.2, -0.15) is 0 Å². The average Bonchev–Trinajstić information content (AvgIpc) is 2.36. The molecule has 0 atom stereocenters. The third kappa shape index (κ3) is 0.996. The molecule has 2 aliphatic carbocycles. The van der Waals surface area contributed by atoms with Gasteiger partial charge in [-0.05, 0) is 52.5 Å². The molecule has 0 saturated carbocycles. The second-order valence-electron chi connectivity index (χ2n) is 4.89. The largest absolute Gasteiger partial charge is 0.0763 e. The topological polar surface area (TPSA) is 0 Å². The molecule has 0 unspecified atom stereocenters. The van der Waals surface area contributed by atoms with E-state index in [2.05, 4.69) is 36.4 Å². The Labute approximate surface area is 94.9 Å². The maximum Gasteiger partial charge on any atom is -0.00738 e. The highest BCUT2D eigenvalue weighted by atomic mass is 14.2. The Morgan fingerprint density at radius 2 is 1.88 bits per heavy atom. The number of hydrogen-bond donors (Lipinski definition) is 0. The van der Waals surface area contributed by atoms with Crippen LogP contribution in [0.1, 0.15) is 24.8 Å². The third-order valence-electron chi connectivity index (χ3n) is 4.02. The number of rotatable bonds is 0. The standard InChI is InChI=1S/C16H14/c1-3-11-7-9-13-5-2-6-14-10-8-12(4-1)15(11)16(13)14/h1,3-5,7,9H,2,6,8,10H2. The second kappa shape index (κ2) is 2.98. The summed E-state index contributed by atoms with van der Waals surface area (Å²) in [5.74, 6) is 0. The number of aryl methyl sites for hydroxylation is 1. The summed E-state index contributed by atoms with van der Waals surface area (Å²) in [7, 11) is 0. The van der Waals surface area contributed by atoms with Crippen molar-refractivity contribution >= 4 is 22.4 Å². The van der Waals surface area contributed by atoms with E-state index in [4.69, 9.17) is 0 Å². The fourth-order valence-corrected chi connectivity index (χ4v) is 3.29. The molecule has 16 heavy (non-hydrogen) atoms. The summed E-state index contributed by atoms with van der Waals surface area (Å²) >= 11 is 0. The first-order chi connectivity index (χ1) is 7.93. The molecule has 4 rings (SSSR count).